The summed E-state index contributed by atoms with van der Waals surface area (Å²) in [5.74, 6) is -0.548. The first-order chi connectivity index (χ1) is 12.4. The fraction of sp³-hybridized carbons (Fsp3) is 0.526. The molecule has 26 heavy (non-hydrogen) atoms. The van der Waals surface area contributed by atoms with E-state index in [2.05, 4.69) is 5.32 Å². The highest BCUT2D eigenvalue weighted by Gasteiger charge is 2.39. The summed E-state index contributed by atoms with van der Waals surface area (Å²) in [5, 5.41) is 2.69. The van der Waals surface area contributed by atoms with Gasteiger partial charge in [0, 0.05) is 13.1 Å². The molecule has 1 N–H and O–H groups in total. The maximum absolute atomic E-state index is 12.5. The number of imide groups is 1. The third-order valence-electron chi connectivity index (χ3n) is 4.74. The fourth-order valence-corrected chi connectivity index (χ4v) is 3.49. The summed E-state index contributed by atoms with van der Waals surface area (Å²) in [7, 11) is 0. The van der Waals surface area contributed by atoms with E-state index in [1.54, 1.807) is 4.90 Å². The zero-order chi connectivity index (χ0) is 18.7. The van der Waals surface area contributed by atoms with Crippen molar-refractivity contribution in [2.24, 2.45) is 0 Å². The number of carbonyl (C=O) groups excluding carboxylic acids is 3. The lowest BCUT2D eigenvalue weighted by atomic mass is 10.1. The smallest absolute Gasteiger partial charge is 0.325 e. The SMILES string of the molecule is CC1CN(C(=O)CN2C(=O)NC(CCc3ccccc3)C2=O)CC(C)O1. The molecule has 7 heteroatoms. The van der Waals surface area contributed by atoms with E-state index in [4.69, 9.17) is 4.74 Å². The summed E-state index contributed by atoms with van der Waals surface area (Å²) in [6.45, 7) is 4.55. The zero-order valence-electron chi connectivity index (χ0n) is 15.2. The van der Waals surface area contributed by atoms with E-state index < -0.39 is 12.1 Å². The predicted octanol–water partition coefficient (Wildman–Crippen LogP) is 1.18. The molecule has 0 radical (unpaired) electrons. The summed E-state index contributed by atoms with van der Waals surface area (Å²) in [6.07, 6.45) is 1.11. The van der Waals surface area contributed by atoms with Crippen LogP contribution in [0.4, 0.5) is 4.79 Å². The minimum Gasteiger partial charge on any atom is -0.372 e. The number of ether oxygens (including phenoxy) is 1. The Kier molecular flexibility index (Phi) is 5.56. The lowest BCUT2D eigenvalue weighted by Gasteiger charge is -2.35. The predicted molar refractivity (Wildman–Crippen MR) is 95.4 cm³/mol. The van der Waals surface area contributed by atoms with E-state index in [-0.39, 0.29) is 30.6 Å². The molecule has 1 aromatic rings. The van der Waals surface area contributed by atoms with Gasteiger partial charge in [-0.2, -0.15) is 0 Å². The number of morpholine rings is 1. The Morgan fingerprint density at radius 1 is 1.15 bits per heavy atom. The molecule has 0 spiro atoms. The third kappa shape index (κ3) is 4.22. The van der Waals surface area contributed by atoms with Gasteiger partial charge in [0.25, 0.3) is 5.91 Å². The van der Waals surface area contributed by atoms with Crippen LogP contribution in [-0.2, 0) is 20.7 Å². The zero-order valence-corrected chi connectivity index (χ0v) is 15.2. The van der Waals surface area contributed by atoms with Gasteiger partial charge in [-0.05, 0) is 32.3 Å². The van der Waals surface area contributed by atoms with Crippen LogP contribution in [0.2, 0.25) is 0 Å². The minimum absolute atomic E-state index is 0.0515. The number of benzene rings is 1. The number of rotatable bonds is 5. The second-order valence-corrected chi connectivity index (χ2v) is 7.01. The molecule has 3 unspecified atom stereocenters. The largest absolute Gasteiger partial charge is 0.372 e. The highest BCUT2D eigenvalue weighted by Crippen LogP contribution is 2.15. The van der Waals surface area contributed by atoms with Crippen LogP contribution in [0.3, 0.4) is 0 Å². The van der Waals surface area contributed by atoms with Crippen molar-refractivity contribution in [3.05, 3.63) is 35.9 Å². The van der Waals surface area contributed by atoms with Crippen LogP contribution in [0, 0.1) is 0 Å². The number of urea groups is 1. The molecule has 1 aromatic carbocycles. The second-order valence-electron chi connectivity index (χ2n) is 7.01. The number of amides is 4. The van der Waals surface area contributed by atoms with Crippen molar-refractivity contribution in [3.63, 3.8) is 0 Å². The molecular formula is C19H25N3O4. The average Bonchev–Trinajstić information content (AvgIpc) is 2.87. The van der Waals surface area contributed by atoms with Gasteiger partial charge in [0.1, 0.15) is 12.6 Å². The molecule has 0 saturated carbocycles. The van der Waals surface area contributed by atoms with E-state index in [0.29, 0.717) is 25.9 Å². The van der Waals surface area contributed by atoms with Crippen LogP contribution in [0.1, 0.15) is 25.8 Å². The molecule has 0 aromatic heterocycles. The summed E-state index contributed by atoms with van der Waals surface area (Å²) < 4.78 is 5.62. The van der Waals surface area contributed by atoms with Crippen LogP contribution in [-0.4, -0.2) is 65.5 Å². The normalized spacial score (nSPS) is 26.2. The minimum atomic E-state index is -0.571. The maximum Gasteiger partial charge on any atom is 0.325 e. The van der Waals surface area contributed by atoms with Crippen molar-refractivity contribution in [3.8, 4) is 0 Å². The summed E-state index contributed by atoms with van der Waals surface area (Å²) in [6, 6.07) is 8.74. The van der Waals surface area contributed by atoms with Crippen LogP contribution in [0.25, 0.3) is 0 Å². The van der Waals surface area contributed by atoms with E-state index in [9.17, 15) is 14.4 Å². The van der Waals surface area contributed by atoms with Gasteiger partial charge in [-0.25, -0.2) is 4.79 Å². The molecule has 2 aliphatic rings. The monoisotopic (exact) mass is 359 g/mol. The van der Waals surface area contributed by atoms with Gasteiger partial charge in [0.2, 0.25) is 5.91 Å². The van der Waals surface area contributed by atoms with E-state index >= 15 is 0 Å². The number of nitrogens with zero attached hydrogens (tertiary/aromatic N) is 2. The number of hydrogen-bond donors (Lipinski definition) is 1. The summed E-state index contributed by atoms with van der Waals surface area (Å²) in [5.41, 5.74) is 1.11. The summed E-state index contributed by atoms with van der Waals surface area (Å²) >= 11 is 0. The van der Waals surface area contributed by atoms with Gasteiger partial charge < -0.3 is 15.0 Å². The first kappa shape index (κ1) is 18.4. The van der Waals surface area contributed by atoms with Gasteiger partial charge in [-0.1, -0.05) is 30.3 Å². The molecule has 2 heterocycles. The second kappa shape index (κ2) is 7.86. The highest BCUT2D eigenvalue weighted by molar-refractivity contribution is 6.06. The lowest BCUT2D eigenvalue weighted by Crippen LogP contribution is -2.51. The van der Waals surface area contributed by atoms with Crippen LogP contribution in [0.15, 0.2) is 30.3 Å². The first-order valence-corrected chi connectivity index (χ1v) is 9.03. The molecule has 2 saturated heterocycles. The Balaban J connectivity index is 1.56. The van der Waals surface area contributed by atoms with Gasteiger partial charge in [0.15, 0.2) is 0 Å². The molecule has 0 aliphatic carbocycles. The molecular weight excluding hydrogens is 334 g/mol. The molecule has 0 bridgehead atoms. The third-order valence-corrected chi connectivity index (χ3v) is 4.74. The van der Waals surface area contributed by atoms with E-state index in [1.165, 1.54) is 0 Å². The molecule has 7 nitrogen and oxygen atoms in total. The topological polar surface area (TPSA) is 79.0 Å². The Hall–Kier alpha value is -2.41. The first-order valence-electron chi connectivity index (χ1n) is 9.03. The lowest BCUT2D eigenvalue weighted by molar-refractivity contribution is -0.146. The standard InChI is InChI=1S/C19H25N3O4/c1-13-10-21(11-14(2)26-13)17(23)12-22-18(24)16(20-19(22)25)9-8-15-6-4-3-5-7-15/h3-7,13-14,16H,8-12H2,1-2H3,(H,20,25). The Labute approximate surface area is 153 Å². The Morgan fingerprint density at radius 3 is 2.46 bits per heavy atom. The van der Waals surface area contributed by atoms with Crippen molar-refractivity contribution in [1.29, 1.82) is 0 Å². The van der Waals surface area contributed by atoms with Crippen molar-refractivity contribution >= 4 is 17.8 Å². The average molecular weight is 359 g/mol. The molecule has 140 valence electrons. The van der Waals surface area contributed by atoms with E-state index in [0.717, 1.165) is 10.5 Å². The van der Waals surface area contributed by atoms with Crippen molar-refractivity contribution in [1.82, 2.24) is 15.1 Å². The number of nitrogens with one attached hydrogen (secondary N) is 1. The van der Waals surface area contributed by atoms with E-state index in [1.807, 2.05) is 44.2 Å². The van der Waals surface area contributed by atoms with Crippen LogP contribution in [0.5, 0.6) is 0 Å². The molecule has 2 fully saturated rings. The Morgan fingerprint density at radius 2 is 1.81 bits per heavy atom. The molecule has 3 rings (SSSR count). The highest BCUT2D eigenvalue weighted by atomic mass is 16.5. The van der Waals surface area contributed by atoms with Gasteiger partial charge >= 0.3 is 6.03 Å². The fourth-order valence-electron chi connectivity index (χ4n) is 3.49. The number of hydrogen-bond acceptors (Lipinski definition) is 4. The molecule has 2 aliphatic heterocycles. The van der Waals surface area contributed by atoms with Crippen molar-refractivity contribution < 1.29 is 19.1 Å². The van der Waals surface area contributed by atoms with Crippen molar-refractivity contribution in [2.75, 3.05) is 19.6 Å². The molecule has 3 atom stereocenters. The molecule has 4 amide bonds. The summed E-state index contributed by atoms with van der Waals surface area (Å²) in [4.78, 5) is 39.9. The van der Waals surface area contributed by atoms with Crippen molar-refractivity contribution in [2.45, 2.75) is 44.9 Å². The Bertz CT molecular complexity index is 669. The number of carbonyl (C=O) groups is 3. The van der Waals surface area contributed by atoms with Gasteiger partial charge in [0.05, 0.1) is 12.2 Å². The van der Waals surface area contributed by atoms with Gasteiger partial charge in [-0.3, -0.25) is 14.5 Å². The van der Waals surface area contributed by atoms with Crippen LogP contribution < -0.4 is 5.32 Å². The quantitative estimate of drug-likeness (QED) is 0.801. The maximum atomic E-state index is 12.5. The van der Waals surface area contributed by atoms with Crippen LogP contribution >= 0.6 is 0 Å². The van der Waals surface area contributed by atoms with Gasteiger partial charge in [-0.15, -0.1) is 0 Å². The number of aryl methyl sites for hydroxylation is 1.